The molecule has 1 amide bonds. The zero-order valence-corrected chi connectivity index (χ0v) is 13.9. The number of amides is 1. The van der Waals surface area contributed by atoms with Crippen LogP contribution in [0.2, 0.25) is 0 Å². The second kappa shape index (κ2) is 8.99. The van der Waals surface area contributed by atoms with E-state index in [1.807, 2.05) is 24.3 Å². The van der Waals surface area contributed by atoms with Gasteiger partial charge in [-0.05, 0) is 30.3 Å². The van der Waals surface area contributed by atoms with Crippen LogP contribution in [0.3, 0.4) is 0 Å². The molecule has 122 valence electrons. The Hall–Kier alpha value is -2.28. The molecule has 0 aliphatic carbocycles. The fraction of sp³-hybridized carbons (Fsp3) is 0.250. The highest BCUT2D eigenvalue weighted by atomic mass is 79.9. The summed E-state index contributed by atoms with van der Waals surface area (Å²) in [5.41, 5.74) is 0. The minimum atomic E-state index is -0.400. The molecule has 0 unspecified atom stereocenters. The third-order valence-corrected chi connectivity index (χ3v) is 3.26. The van der Waals surface area contributed by atoms with Gasteiger partial charge in [-0.3, -0.25) is 9.59 Å². The molecule has 1 heterocycles. The Morgan fingerprint density at radius 1 is 1.17 bits per heavy atom. The molecule has 1 aromatic carbocycles. The van der Waals surface area contributed by atoms with E-state index in [1.54, 1.807) is 12.1 Å². The maximum atomic E-state index is 11.6. The molecule has 0 bridgehead atoms. The first-order valence-corrected chi connectivity index (χ1v) is 7.80. The molecule has 0 spiro atoms. The molecule has 1 aromatic heterocycles. The molecule has 0 saturated heterocycles. The van der Waals surface area contributed by atoms with Crippen molar-refractivity contribution >= 4 is 27.8 Å². The lowest BCUT2D eigenvalue weighted by Crippen LogP contribution is -2.26. The van der Waals surface area contributed by atoms with Crippen LogP contribution in [0.1, 0.15) is 17.0 Å². The highest BCUT2D eigenvalue weighted by molar-refractivity contribution is 9.10. The fourth-order valence-electron chi connectivity index (χ4n) is 1.72. The number of furan rings is 1. The SMILES string of the molecule is O=C(CCNC(=O)c1ccco1)OCCOc1cccc(Br)c1. The lowest BCUT2D eigenvalue weighted by Gasteiger charge is -2.08. The summed E-state index contributed by atoms with van der Waals surface area (Å²) in [6, 6.07) is 10.6. The lowest BCUT2D eigenvalue weighted by atomic mass is 10.3. The first kappa shape index (κ1) is 17.1. The molecule has 0 fully saturated rings. The van der Waals surface area contributed by atoms with E-state index in [0.717, 1.165) is 4.47 Å². The number of esters is 1. The smallest absolute Gasteiger partial charge is 0.307 e. The predicted molar refractivity (Wildman–Crippen MR) is 86.3 cm³/mol. The number of halogens is 1. The Labute approximate surface area is 141 Å². The number of rotatable bonds is 8. The molecule has 0 aliphatic rings. The quantitative estimate of drug-likeness (QED) is 0.561. The maximum absolute atomic E-state index is 11.6. The van der Waals surface area contributed by atoms with Crippen molar-refractivity contribution in [1.82, 2.24) is 5.32 Å². The molecular weight excluding hydrogens is 366 g/mol. The van der Waals surface area contributed by atoms with E-state index < -0.39 is 5.97 Å². The fourth-order valence-corrected chi connectivity index (χ4v) is 2.10. The summed E-state index contributed by atoms with van der Waals surface area (Å²) >= 11 is 3.34. The molecule has 0 saturated carbocycles. The van der Waals surface area contributed by atoms with Gasteiger partial charge in [-0.25, -0.2) is 0 Å². The van der Waals surface area contributed by atoms with Crippen molar-refractivity contribution in [1.29, 1.82) is 0 Å². The first-order chi connectivity index (χ1) is 11.1. The van der Waals surface area contributed by atoms with Gasteiger partial charge in [0, 0.05) is 11.0 Å². The summed E-state index contributed by atoms with van der Waals surface area (Å²) in [5.74, 6) is 0.144. The van der Waals surface area contributed by atoms with Gasteiger partial charge in [0.25, 0.3) is 5.91 Å². The van der Waals surface area contributed by atoms with E-state index in [4.69, 9.17) is 13.9 Å². The summed E-state index contributed by atoms with van der Waals surface area (Å²) in [4.78, 5) is 23.1. The first-order valence-electron chi connectivity index (χ1n) is 7.01. The summed E-state index contributed by atoms with van der Waals surface area (Å²) in [6.07, 6.45) is 1.50. The van der Waals surface area contributed by atoms with Crippen molar-refractivity contribution in [3.8, 4) is 5.75 Å². The Morgan fingerprint density at radius 2 is 2.04 bits per heavy atom. The number of hydrogen-bond acceptors (Lipinski definition) is 5. The zero-order valence-electron chi connectivity index (χ0n) is 12.3. The van der Waals surface area contributed by atoms with E-state index in [2.05, 4.69) is 21.2 Å². The normalized spacial score (nSPS) is 10.1. The molecule has 0 atom stereocenters. The lowest BCUT2D eigenvalue weighted by molar-refractivity contribution is -0.144. The highest BCUT2D eigenvalue weighted by Gasteiger charge is 2.09. The average Bonchev–Trinajstić information content (AvgIpc) is 3.06. The summed E-state index contributed by atoms with van der Waals surface area (Å²) in [7, 11) is 0. The number of benzene rings is 1. The van der Waals surface area contributed by atoms with Crippen LogP contribution in [0.5, 0.6) is 5.75 Å². The molecule has 0 aliphatic heterocycles. The number of hydrogen-bond donors (Lipinski definition) is 1. The predicted octanol–water partition coefficient (Wildman–Crippen LogP) is 2.78. The third kappa shape index (κ3) is 6.15. The zero-order chi connectivity index (χ0) is 16.5. The van der Waals surface area contributed by atoms with Gasteiger partial charge in [-0.15, -0.1) is 0 Å². The van der Waals surface area contributed by atoms with Crippen LogP contribution >= 0.6 is 15.9 Å². The topological polar surface area (TPSA) is 77.8 Å². The maximum Gasteiger partial charge on any atom is 0.307 e. The largest absolute Gasteiger partial charge is 0.490 e. The summed E-state index contributed by atoms with van der Waals surface area (Å²) in [5, 5.41) is 2.57. The average molecular weight is 382 g/mol. The van der Waals surface area contributed by atoms with E-state index in [9.17, 15) is 9.59 Å². The van der Waals surface area contributed by atoms with Gasteiger partial charge < -0.3 is 19.2 Å². The number of carbonyl (C=O) groups excluding carboxylic acids is 2. The molecule has 6 nitrogen and oxygen atoms in total. The molecular formula is C16H16BrNO5. The van der Waals surface area contributed by atoms with Crippen LogP contribution < -0.4 is 10.1 Å². The van der Waals surface area contributed by atoms with Crippen LogP contribution in [0.25, 0.3) is 0 Å². The minimum absolute atomic E-state index is 0.0866. The van der Waals surface area contributed by atoms with Crippen LogP contribution in [0.4, 0.5) is 0 Å². The molecule has 23 heavy (non-hydrogen) atoms. The van der Waals surface area contributed by atoms with Crippen LogP contribution in [0, 0.1) is 0 Å². The van der Waals surface area contributed by atoms with Crippen LogP contribution in [-0.4, -0.2) is 31.6 Å². The molecule has 0 radical (unpaired) electrons. The van der Waals surface area contributed by atoms with Gasteiger partial charge in [0.15, 0.2) is 5.76 Å². The molecule has 7 heteroatoms. The van der Waals surface area contributed by atoms with Crippen molar-refractivity contribution in [3.05, 3.63) is 52.9 Å². The van der Waals surface area contributed by atoms with Gasteiger partial charge in [0.2, 0.25) is 0 Å². The highest BCUT2D eigenvalue weighted by Crippen LogP contribution is 2.17. The van der Waals surface area contributed by atoms with E-state index >= 15 is 0 Å². The Kier molecular flexibility index (Phi) is 6.68. The van der Waals surface area contributed by atoms with E-state index in [0.29, 0.717) is 5.75 Å². The van der Waals surface area contributed by atoms with E-state index in [-0.39, 0.29) is 37.8 Å². The number of ether oxygens (including phenoxy) is 2. The van der Waals surface area contributed by atoms with Gasteiger partial charge in [-0.2, -0.15) is 0 Å². The molecule has 2 aromatic rings. The molecule has 2 rings (SSSR count). The van der Waals surface area contributed by atoms with Crippen molar-refractivity contribution in [2.24, 2.45) is 0 Å². The van der Waals surface area contributed by atoms with Crippen molar-refractivity contribution < 1.29 is 23.5 Å². The number of nitrogens with one attached hydrogen (secondary N) is 1. The molecule has 1 N–H and O–H groups in total. The van der Waals surface area contributed by atoms with Gasteiger partial charge in [0.1, 0.15) is 19.0 Å². The Bertz CT molecular complexity index is 642. The minimum Gasteiger partial charge on any atom is -0.490 e. The van der Waals surface area contributed by atoms with Gasteiger partial charge >= 0.3 is 5.97 Å². The Morgan fingerprint density at radius 3 is 2.78 bits per heavy atom. The Balaban J connectivity index is 1.56. The standard InChI is InChI=1S/C16H16BrNO5/c17-12-3-1-4-13(11-12)21-9-10-23-15(19)6-7-18-16(20)14-5-2-8-22-14/h1-5,8,11H,6-7,9-10H2,(H,18,20). The van der Waals surface area contributed by atoms with Crippen molar-refractivity contribution in [3.63, 3.8) is 0 Å². The van der Waals surface area contributed by atoms with Crippen LogP contribution in [0.15, 0.2) is 51.6 Å². The summed E-state index contributed by atoms with van der Waals surface area (Å²) < 4.78 is 16.3. The number of carbonyl (C=O) groups is 2. The van der Waals surface area contributed by atoms with Gasteiger partial charge in [-0.1, -0.05) is 22.0 Å². The second-order valence-corrected chi connectivity index (χ2v) is 5.43. The van der Waals surface area contributed by atoms with Crippen molar-refractivity contribution in [2.75, 3.05) is 19.8 Å². The monoisotopic (exact) mass is 381 g/mol. The summed E-state index contributed by atoms with van der Waals surface area (Å²) in [6.45, 7) is 0.600. The van der Waals surface area contributed by atoms with Crippen LogP contribution in [-0.2, 0) is 9.53 Å². The third-order valence-electron chi connectivity index (χ3n) is 2.77. The van der Waals surface area contributed by atoms with E-state index in [1.165, 1.54) is 6.26 Å². The second-order valence-electron chi connectivity index (χ2n) is 4.51. The van der Waals surface area contributed by atoms with Gasteiger partial charge in [0.05, 0.1) is 12.7 Å². The van der Waals surface area contributed by atoms with Crippen molar-refractivity contribution in [2.45, 2.75) is 6.42 Å².